The molecule has 0 spiro atoms. The van der Waals surface area contributed by atoms with Crippen molar-refractivity contribution in [3.8, 4) is 5.75 Å². The van der Waals surface area contributed by atoms with Gasteiger partial charge in [0.1, 0.15) is 12.4 Å². The fraction of sp³-hybridized carbons (Fsp3) is 0.143. The van der Waals surface area contributed by atoms with Crippen LogP contribution in [0.1, 0.15) is 20.0 Å². The number of benzene rings is 2. The van der Waals surface area contributed by atoms with Crippen molar-refractivity contribution in [3.05, 3.63) is 81.5 Å². The van der Waals surface area contributed by atoms with E-state index in [0.29, 0.717) is 34.3 Å². The van der Waals surface area contributed by atoms with Crippen LogP contribution in [-0.4, -0.2) is 36.9 Å². The first-order chi connectivity index (χ1) is 13.5. The van der Waals surface area contributed by atoms with Gasteiger partial charge < -0.3 is 15.0 Å². The SMILES string of the molecule is CN(CCOc1ccccc1)C(=O)c1ccc(Cl)c(NC(=O)c2cccs2)c1. The van der Waals surface area contributed by atoms with E-state index in [1.165, 1.54) is 11.3 Å². The maximum Gasteiger partial charge on any atom is 0.265 e. The third kappa shape index (κ3) is 5.12. The van der Waals surface area contributed by atoms with Gasteiger partial charge in [-0.25, -0.2) is 0 Å². The summed E-state index contributed by atoms with van der Waals surface area (Å²) in [5.41, 5.74) is 0.841. The Morgan fingerprint density at radius 2 is 1.89 bits per heavy atom. The van der Waals surface area contributed by atoms with Crippen LogP contribution in [-0.2, 0) is 0 Å². The highest BCUT2D eigenvalue weighted by Gasteiger charge is 2.15. The average molecular weight is 415 g/mol. The van der Waals surface area contributed by atoms with Crippen LogP contribution >= 0.6 is 22.9 Å². The Hall–Kier alpha value is -2.83. The molecule has 5 nitrogen and oxygen atoms in total. The van der Waals surface area contributed by atoms with Crippen molar-refractivity contribution in [1.29, 1.82) is 0 Å². The molecule has 1 heterocycles. The van der Waals surface area contributed by atoms with Crippen molar-refractivity contribution in [1.82, 2.24) is 4.90 Å². The number of hydrogen-bond donors (Lipinski definition) is 1. The Labute approximate surface area is 172 Å². The van der Waals surface area contributed by atoms with Crippen LogP contribution in [0.5, 0.6) is 5.75 Å². The lowest BCUT2D eigenvalue weighted by Crippen LogP contribution is -2.31. The summed E-state index contributed by atoms with van der Waals surface area (Å²) in [4.78, 5) is 27.1. The highest BCUT2D eigenvalue weighted by molar-refractivity contribution is 7.12. The molecule has 0 saturated carbocycles. The molecule has 2 amide bonds. The lowest BCUT2D eigenvalue weighted by molar-refractivity contribution is 0.0773. The first-order valence-electron chi connectivity index (χ1n) is 8.62. The number of likely N-dealkylation sites (N-methyl/N-ethyl adjacent to an activating group) is 1. The van der Waals surface area contributed by atoms with Crippen LogP contribution in [0.3, 0.4) is 0 Å². The first-order valence-corrected chi connectivity index (χ1v) is 9.88. The molecule has 0 atom stereocenters. The van der Waals surface area contributed by atoms with Gasteiger partial charge >= 0.3 is 0 Å². The molecular weight excluding hydrogens is 396 g/mol. The van der Waals surface area contributed by atoms with Gasteiger partial charge in [0.05, 0.1) is 22.1 Å². The van der Waals surface area contributed by atoms with Crippen molar-refractivity contribution in [2.24, 2.45) is 0 Å². The third-order valence-corrected chi connectivity index (χ3v) is 5.19. The minimum absolute atomic E-state index is 0.181. The summed E-state index contributed by atoms with van der Waals surface area (Å²) >= 11 is 7.52. The highest BCUT2D eigenvalue weighted by atomic mass is 35.5. The van der Waals surface area contributed by atoms with Gasteiger partial charge in [-0.05, 0) is 41.8 Å². The zero-order valence-electron chi connectivity index (χ0n) is 15.2. The molecule has 2 aromatic carbocycles. The molecular formula is C21H19ClN2O3S. The van der Waals surface area contributed by atoms with E-state index < -0.39 is 0 Å². The lowest BCUT2D eigenvalue weighted by atomic mass is 10.1. The molecule has 3 aromatic rings. The summed E-state index contributed by atoms with van der Waals surface area (Å²) in [6.45, 7) is 0.801. The number of amides is 2. The Kier molecular flexibility index (Phi) is 6.68. The normalized spacial score (nSPS) is 10.4. The number of thiophene rings is 1. The van der Waals surface area contributed by atoms with Crippen LogP contribution < -0.4 is 10.1 Å². The fourth-order valence-corrected chi connectivity index (χ4v) is 3.27. The van der Waals surface area contributed by atoms with Crippen molar-refractivity contribution in [2.75, 3.05) is 25.5 Å². The number of carbonyl (C=O) groups excluding carboxylic acids is 2. The lowest BCUT2D eigenvalue weighted by Gasteiger charge is -2.18. The molecule has 0 fully saturated rings. The second kappa shape index (κ2) is 9.39. The van der Waals surface area contributed by atoms with Gasteiger partial charge in [-0.1, -0.05) is 35.9 Å². The van der Waals surface area contributed by atoms with Gasteiger partial charge in [0, 0.05) is 12.6 Å². The number of anilines is 1. The van der Waals surface area contributed by atoms with Gasteiger partial charge in [-0.15, -0.1) is 11.3 Å². The van der Waals surface area contributed by atoms with Gasteiger partial charge in [0.15, 0.2) is 0 Å². The summed E-state index contributed by atoms with van der Waals surface area (Å²) in [6.07, 6.45) is 0. The third-order valence-electron chi connectivity index (χ3n) is 3.99. The van der Waals surface area contributed by atoms with Gasteiger partial charge in [-0.2, -0.15) is 0 Å². The number of hydrogen-bond acceptors (Lipinski definition) is 4. The Bertz CT molecular complexity index is 946. The predicted molar refractivity (Wildman–Crippen MR) is 113 cm³/mol. The number of para-hydroxylation sites is 1. The van der Waals surface area contributed by atoms with Gasteiger partial charge in [0.2, 0.25) is 0 Å². The molecule has 0 aliphatic heterocycles. The van der Waals surface area contributed by atoms with E-state index in [-0.39, 0.29) is 11.8 Å². The van der Waals surface area contributed by atoms with E-state index in [1.807, 2.05) is 35.7 Å². The van der Waals surface area contributed by atoms with Gasteiger partial charge in [0.25, 0.3) is 11.8 Å². The molecule has 1 N–H and O–H groups in total. The zero-order chi connectivity index (χ0) is 19.9. The summed E-state index contributed by atoms with van der Waals surface area (Å²) in [6, 6.07) is 17.8. The molecule has 0 bridgehead atoms. The van der Waals surface area contributed by atoms with E-state index in [4.69, 9.17) is 16.3 Å². The molecule has 1 aromatic heterocycles. The monoisotopic (exact) mass is 414 g/mol. The molecule has 0 radical (unpaired) electrons. The fourth-order valence-electron chi connectivity index (χ4n) is 2.48. The minimum Gasteiger partial charge on any atom is -0.492 e. The maximum absolute atomic E-state index is 12.7. The van der Waals surface area contributed by atoms with Crippen LogP contribution in [0.15, 0.2) is 66.0 Å². The quantitative estimate of drug-likeness (QED) is 0.603. The molecule has 7 heteroatoms. The predicted octanol–water partition coefficient (Wildman–Crippen LogP) is 4.80. The molecule has 144 valence electrons. The average Bonchev–Trinajstić information content (AvgIpc) is 3.25. The Balaban J connectivity index is 1.62. The van der Waals surface area contributed by atoms with E-state index in [2.05, 4.69) is 5.32 Å². The Morgan fingerprint density at radius 1 is 1.11 bits per heavy atom. The van der Waals surface area contributed by atoms with Crippen LogP contribution in [0.2, 0.25) is 5.02 Å². The summed E-state index contributed by atoms with van der Waals surface area (Å²) in [5, 5.41) is 4.95. The maximum atomic E-state index is 12.7. The van der Waals surface area contributed by atoms with Gasteiger partial charge in [-0.3, -0.25) is 9.59 Å². The second-order valence-electron chi connectivity index (χ2n) is 6.01. The van der Waals surface area contributed by atoms with Crippen molar-refractivity contribution >= 4 is 40.4 Å². The topological polar surface area (TPSA) is 58.6 Å². The highest BCUT2D eigenvalue weighted by Crippen LogP contribution is 2.25. The molecule has 0 unspecified atom stereocenters. The van der Waals surface area contributed by atoms with Crippen molar-refractivity contribution in [3.63, 3.8) is 0 Å². The summed E-state index contributed by atoms with van der Waals surface area (Å²) in [7, 11) is 1.70. The number of halogens is 1. The van der Waals surface area contributed by atoms with Crippen molar-refractivity contribution in [2.45, 2.75) is 0 Å². The zero-order valence-corrected chi connectivity index (χ0v) is 16.8. The molecule has 0 saturated heterocycles. The molecule has 3 rings (SSSR count). The number of nitrogens with zero attached hydrogens (tertiary/aromatic N) is 1. The number of nitrogens with one attached hydrogen (secondary N) is 1. The largest absolute Gasteiger partial charge is 0.492 e. The van der Waals surface area contributed by atoms with Crippen molar-refractivity contribution < 1.29 is 14.3 Å². The standard InChI is InChI=1S/C21H19ClN2O3S/c1-24(11-12-27-16-6-3-2-4-7-16)21(26)15-9-10-17(22)18(14-15)23-20(25)19-8-5-13-28-19/h2-10,13-14H,11-12H2,1H3,(H,23,25). The van der Waals surface area contributed by atoms with Crippen LogP contribution in [0.25, 0.3) is 0 Å². The Morgan fingerprint density at radius 3 is 2.61 bits per heavy atom. The van der Waals surface area contributed by atoms with Crippen LogP contribution in [0, 0.1) is 0 Å². The van der Waals surface area contributed by atoms with E-state index >= 15 is 0 Å². The van der Waals surface area contributed by atoms with E-state index in [1.54, 1.807) is 42.3 Å². The first kappa shape index (κ1) is 19.9. The molecule has 0 aliphatic carbocycles. The smallest absolute Gasteiger partial charge is 0.265 e. The summed E-state index contributed by atoms with van der Waals surface area (Å²) in [5.74, 6) is 0.319. The van der Waals surface area contributed by atoms with E-state index in [9.17, 15) is 9.59 Å². The number of ether oxygens (including phenoxy) is 1. The summed E-state index contributed by atoms with van der Waals surface area (Å²) < 4.78 is 5.63. The second-order valence-corrected chi connectivity index (χ2v) is 7.37. The minimum atomic E-state index is -0.258. The number of rotatable bonds is 7. The number of carbonyl (C=O) groups is 2. The molecule has 28 heavy (non-hydrogen) atoms. The molecule has 0 aliphatic rings. The van der Waals surface area contributed by atoms with E-state index in [0.717, 1.165) is 5.75 Å². The van der Waals surface area contributed by atoms with Crippen LogP contribution in [0.4, 0.5) is 5.69 Å².